The maximum absolute atomic E-state index is 11.7. The second kappa shape index (κ2) is 12.8. The summed E-state index contributed by atoms with van der Waals surface area (Å²) in [6.45, 7) is 4.55. The number of halogens is 2. The number of carbonyl (C=O) groups is 1. The Kier molecular flexibility index (Phi) is 12.0. The maximum atomic E-state index is 11.7. The van der Waals surface area contributed by atoms with Gasteiger partial charge in [-0.25, -0.2) is 4.98 Å². The monoisotopic (exact) mass is 373 g/mol. The lowest BCUT2D eigenvalue weighted by atomic mass is 10.2. The number of carbonyl (C=O) groups excluding carboxylic acids is 1. The Morgan fingerprint density at radius 2 is 1.88 bits per heavy atom. The standard InChI is InChI=1S/C17H23N3O2.2ClH/c1-2-10-18-11-12-19-16(21)8-9-17-20-13-15(22-17)14-6-4-3-5-7-14;;/h3-7,13,18H,2,8-12H2,1H3,(H,19,21);2*1H. The predicted molar refractivity (Wildman–Crippen MR) is 101 cm³/mol. The first kappa shape index (κ1) is 22.4. The van der Waals surface area contributed by atoms with E-state index in [0.29, 0.717) is 25.3 Å². The number of oxazole rings is 1. The Morgan fingerprint density at radius 1 is 1.12 bits per heavy atom. The van der Waals surface area contributed by atoms with Crippen molar-refractivity contribution in [1.29, 1.82) is 0 Å². The second-order valence-corrected chi connectivity index (χ2v) is 5.08. The molecule has 0 fully saturated rings. The molecule has 24 heavy (non-hydrogen) atoms. The molecule has 0 bridgehead atoms. The van der Waals surface area contributed by atoms with Crippen LogP contribution in [0, 0.1) is 0 Å². The van der Waals surface area contributed by atoms with Gasteiger partial charge in [-0.3, -0.25) is 4.79 Å². The van der Waals surface area contributed by atoms with E-state index in [0.717, 1.165) is 30.8 Å². The number of rotatable bonds is 9. The van der Waals surface area contributed by atoms with Gasteiger partial charge in [0.25, 0.3) is 0 Å². The van der Waals surface area contributed by atoms with Gasteiger partial charge in [0, 0.05) is 31.5 Å². The van der Waals surface area contributed by atoms with Crippen molar-refractivity contribution in [2.75, 3.05) is 19.6 Å². The number of nitrogens with zero attached hydrogens (tertiary/aromatic N) is 1. The lowest BCUT2D eigenvalue weighted by Crippen LogP contribution is -2.32. The Balaban J connectivity index is 0.00000264. The fourth-order valence-electron chi connectivity index (χ4n) is 2.06. The number of hydrogen-bond donors (Lipinski definition) is 2. The van der Waals surface area contributed by atoms with Crippen LogP contribution in [-0.2, 0) is 11.2 Å². The number of aromatic nitrogens is 1. The van der Waals surface area contributed by atoms with Crippen molar-refractivity contribution < 1.29 is 9.21 Å². The van der Waals surface area contributed by atoms with E-state index in [-0.39, 0.29) is 30.7 Å². The van der Waals surface area contributed by atoms with Crippen molar-refractivity contribution in [2.45, 2.75) is 26.2 Å². The highest BCUT2D eigenvalue weighted by atomic mass is 35.5. The van der Waals surface area contributed by atoms with Crippen LogP contribution >= 0.6 is 24.8 Å². The Hall–Kier alpha value is -1.56. The topological polar surface area (TPSA) is 67.2 Å². The summed E-state index contributed by atoms with van der Waals surface area (Å²) in [5.41, 5.74) is 0.993. The first-order valence-electron chi connectivity index (χ1n) is 7.77. The van der Waals surface area contributed by atoms with Crippen LogP contribution in [0.3, 0.4) is 0 Å². The molecule has 2 aromatic rings. The Morgan fingerprint density at radius 3 is 2.58 bits per heavy atom. The van der Waals surface area contributed by atoms with Crippen LogP contribution in [0.5, 0.6) is 0 Å². The van der Waals surface area contributed by atoms with Crippen LogP contribution in [0.25, 0.3) is 11.3 Å². The summed E-state index contributed by atoms with van der Waals surface area (Å²) in [6.07, 6.45) is 3.71. The van der Waals surface area contributed by atoms with E-state index in [9.17, 15) is 4.79 Å². The zero-order chi connectivity index (χ0) is 15.6. The van der Waals surface area contributed by atoms with E-state index < -0.39 is 0 Å². The van der Waals surface area contributed by atoms with Gasteiger partial charge in [0.1, 0.15) is 0 Å². The lowest BCUT2D eigenvalue weighted by molar-refractivity contribution is -0.121. The SMILES string of the molecule is CCCNCCNC(=O)CCc1ncc(-c2ccccc2)o1.Cl.Cl. The molecule has 0 unspecified atom stereocenters. The highest BCUT2D eigenvalue weighted by Gasteiger charge is 2.08. The molecule has 0 aliphatic heterocycles. The Bertz CT molecular complexity index is 576. The molecule has 7 heteroatoms. The molecule has 0 saturated heterocycles. The number of nitrogens with one attached hydrogen (secondary N) is 2. The molecule has 0 saturated carbocycles. The first-order chi connectivity index (χ1) is 10.8. The van der Waals surface area contributed by atoms with Gasteiger partial charge in [0.05, 0.1) is 6.20 Å². The van der Waals surface area contributed by atoms with Crippen molar-refractivity contribution in [3.8, 4) is 11.3 Å². The smallest absolute Gasteiger partial charge is 0.220 e. The van der Waals surface area contributed by atoms with Crippen molar-refractivity contribution in [3.63, 3.8) is 0 Å². The second-order valence-electron chi connectivity index (χ2n) is 5.08. The van der Waals surface area contributed by atoms with E-state index in [1.54, 1.807) is 6.20 Å². The van der Waals surface area contributed by atoms with Gasteiger partial charge < -0.3 is 15.1 Å². The number of amides is 1. The van der Waals surface area contributed by atoms with Crippen molar-refractivity contribution in [2.24, 2.45) is 0 Å². The minimum atomic E-state index is 0. The third-order valence-electron chi connectivity index (χ3n) is 3.23. The molecule has 134 valence electrons. The average molecular weight is 374 g/mol. The number of aryl methyl sites for hydroxylation is 1. The van der Waals surface area contributed by atoms with E-state index >= 15 is 0 Å². The van der Waals surface area contributed by atoms with Gasteiger partial charge in [-0.15, -0.1) is 24.8 Å². The van der Waals surface area contributed by atoms with Crippen LogP contribution < -0.4 is 10.6 Å². The van der Waals surface area contributed by atoms with Crippen molar-refractivity contribution in [1.82, 2.24) is 15.6 Å². The van der Waals surface area contributed by atoms with Crippen LogP contribution in [0.1, 0.15) is 25.7 Å². The van der Waals surface area contributed by atoms with Gasteiger partial charge in [0.2, 0.25) is 5.91 Å². The minimum Gasteiger partial charge on any atom is -0.441 e. The normalized spacial score (nSPS) is 9.71. The molecule has 0 aliphatic rings. The maximum Gasteiger partial charge on any atom is 0.220 e. The van der Waals surface area contributed by atoms with Gasteiger partial charge >= 0.3 is 0 Å². The lowest BCUT2D eigenvalue weighted by Gasteiger charge is -2.05. The summed E-state index contributed by atoms with van der Waals surface area (Å²) in [4.78, 5) is 15.9. The van der Waals surface area contributed by atoms with E-state index in [1.807, 2.05) is 30.3 Å². The first-order valence-corrected chi connectivity index (χ1v) is 7.77. The predicted octanol–water partition coefficient (Wildman–Crippen LogP) is 3.23. The highest BCUT2D eigenvalue weighted by molar-refractivity contribution is 5.85. The molecule has 2 rings (SSSR count). The van der Waals surface area contributed by atoms with Crippen molar-refractivity contribution in [3.05, 3.63) is 42.4 Å². The molecule has 2 N–H and O–H groups in total. The van der Waals surface area contributed by atoms with Gasteiger partial charge in [-0.2, -0.15) is 0 Å². The van der Waals surface area contributed by atoms with Crippen LogP contribution in [0.15, 0.2) is 40.9 Å². The summed E-state index contributed by atoms with van der Waals surface area (Å²) in [6, 6.07) is 9.82. The zero-order valence-corrected chi connectivity index (χ0v) is 15.4. The molecular formula is C17H25Cl2N3O2. The zero-order valence-electron chi connectivity index (χ0n) is 13.8. The summed E-state index contributed by atoms with van der Waals surface area (Å²) in [5, 5.41) is 6.12. The van der Waals surface area contributed by atoms with Gasteiger partial charge in [-0.1, -0.05) is 37.3 Å². The molecule has 1 amide bonds. The third kappa shape index (κ3) is 7.81. The molecule has 0 radical (unpaired) electrons. The molecular weight excluding hydrogens is 349 g/mol. The number of benzene rings is 1. The summed E-state index contributed by atoms with van der Waals surface area (Å²) in [7, 11) is 0. The van der Waals surface area contributed by atoms with Crippen molar-refractivity contribution >= 4 is 30.7 Å². The summed E-state index contributed by atoms with van der Waals surface area (Å²) >= 11 is 0. The third-order valence-corrected chi connectivity index (χ3v) is 3.23. The summed E-state index contributed by atoms with van der Waals surface area (Å²) < 4.78 is 5.67. The quantitative estimate of drug-likeness (QED) is 0.662. The van der Waals surface area contributed by atoms with E-state index in [1.165, 1.54) is 0 Å². The molecule has 1 aromatic carbocycles. The molecule has 1 aromatic heterocycles. The molecule has 0 atom stereocenters. The number of hydrogen-bond acceptors (Lipinski definition) is 4. The summed E-state index contributed by atoms with van der Waals surface area (Å²) in [5.74, 6) is 1.36. The average Bonchev–Trinajstić information content (AvgIpc) is 3.02. The minimum absolute atomic E-state index is 0. The molecule has 0 spiro atoms. The molecule has 0 aliphatic carbocycles. The van der Waals surface area contributed by atoms with E-state index in [2.05, 4.69) is 22.5 Å². The fraction of sp³-hybridized carbons (Fsp3) is 0.412. The molecule has 1 heterocycles. The Labute approximate surface area is 155 Å². The largest absolute Gasteiger partial charge is 0.441 e. The fourth-order valence-corrected chi connectivity index (χ4v) is 2.06. The van der Waals surface area contributed by atoms with Crippen LogP contribution in [0.2, 0.25) is 0 Å². The molecule has 5 nitrogen and oxygen atoms in total. The van der Waals surface area contributed by atoms with Gasteiger partial charge in [-0.05, 0) is 13.0 Å². The van der Waals surface area contributed by atoms with Gasteiger partial charge in [0.15, 0.2) is 11.7 Å². The van der Waals surface area contributed by atoms with Crippen LogP contribution in [-0.4, -0.2) is 30.5 Å². The highest BCUT2D eigenvalue weighted by Crippen LogP contribution is 2.20. The van der Waals surface area contributed by atoms with Crippen LogP contribution in [0.4, 0.5) is 0 Å². The van der Waals surface area contributed by atoms with E-state index in [4.69, 9.17) is 4.42 Å².